The van der Waals surface area contributed by atoms with Gasteiger partial charge in [-0.05, 0) is 37.6 Å². The average molecular weight is 276 g/mol. The molecular formula is C14H13FN2OS. The third-order valence-corrected chi connectivity index (χ3v) is 3.29. The molecule has 3 nitrogen and oxygen atoms in total. The Labute approximate surface area is 114 Å². The molecule has 0 fully saturated rings. The molecule has 1 amide bonds. The van der Waals surface area contributed by atoms with Crippen molar-refractivity contribution < 1.29 is 9.18 Å². The lowest BCUT2D eigenvalue weighted by Crippen LogP contribution is -2.09. The van der Waals surface area contributed by atoms with Gasteiger partial charge >= 0.3 is 0 Å². The molecule has 0 unspecified atom stereocenters. The number of carbonyl (C=O) groups excluding carboxylic acids is 1. The van der Waals surface area contributed by atoms with E-state index in [1.54, 1.807) is 12.1 Å². The van der Waals surface area contributed by atoms with Crippen molar-refractivity contribution in [3.05, 3.63) is 51.7 Å². The third kappa shape index (κ3) is 3.72. The standard InChI is InChI=1S/C14H13FN2OS/c1-9-3-4-11(15)7-13(9)17-14(18)6-5-12-8-19-10(2)16-12/h3-8H,1-2H3,(H,17,18)/b6-5+. The number of amides is 1. The lowest BCUT2D eigenvalue weighted by molar-refractivity contribution is -0.111. The minimum absolute atomic E-state index is 0.306. The molecule has 0 spiro atoms. The molecule has 0 aliphatic heterocycles. The monoisotopic (exact) mass is 276 g/mol. The average Bonchev–Trinajstić information content (AvgIpc) is 2.77. The number of hydrogen-bond donors (Lipinski definition) is 1. The predicted octanol–water partition coefficient (Wildman–Crippen LogP) is 3.55. The highest BCUT2D eigenvalue weighted by atomic mass is 32.1. The van der Waals surface area contributed by atoms with E-state index in [0.29, 0.717) is 5.69 Å². The fourth-order valence-electron chi connectivity index (χ4n) is 1.52. The Morgan fingerprint density at radius 1 is 1.42 bits per heavy atom. The summed E-state index contributed by atoms with van der Waals surface area (Å²) in [5, 5.41) is 5.45. The van der Waals surface area contributed by atoms with Crippen LogP contribution in [0.3, 0.4) is 0 Å². The van der Waals surface area contributed by atoms with Gasteiger partial charge in [-0.15, -0.1) is 11.3 Å². The summed E-state index contributed by atoms with van der Waals surface area (Å²) in [4.78, 5) is 15.9. The molecule has 2 rings (SSSR count). The number of nitrogens with zero attached hydrogens (tertiary/aromatic N) is 1. The van der Waals surface area contributed by atoms with Crippen LogP contribution in [0.4, 0.5) is 10.1 Å². The number of thiazole rings is 1. The first-order valence-electron chi connectivity index (χ1n) is 5.72. The molecule has 0 saturated heterocycles. The van der Waals surface area contributed by atoms with Crippen molar-refractivity contribution in [2.24, 2.45) is 0 Å². The number of rotatable bonds is 3. The Bertz CT molecular complexity index is 634. The van der Waals surface area contributed by atoms with Crippen molar-refractivity contribution in [1.29, 1.82) is 0 Å². The van der Waals surface area contributed by atoms with E-state index in [1.165, 1.54) is 29.5 Å². The van der Waals surface area contributed by atoms with Gasteiger partial charge in [-0.2, -0.15) is 0 Å². The van der Waals surface area contributed by atoms with Crippen LogP contribution in [0.2, 0.25) is 0 Å². The Balaban J connectivity index is 2.05. The third-order valence-electron chi connectivity index (χ3n) is 2.50. The number of aryl methyl sites for hydroxylation is 2. The fraction of sp³-hybridized carbons (Fsp3) is 0.143. The SMILES string of the molecule is Cc1nc(/C=C/C(=O)Nc2cc(F)ccc2C)cs1. The Morgan fingerprint density at radius 2 is 2.21 bits per heavy atom. The molecular weight excluding hydrogens is 263 g/mol. The molecule has 19 heavy (non-hydrogen) atoms. The minimum Gasteiger partial charge on any atom is -0.322 e. The smallest absolute Gasteiger partial charge is 0.248 e. The van der Waals surface area contributed by atoms with E-state index in [0.717, 1.165) is 16.3 Å². The number of hydrogen-bond acceptors (Lipinski definition) is 3. The topological polar surface area (TPSA) is 42.0 Å². The van der Waals surface area contributed by atoms with Crippen molar-refractivity contribution in [1.82, 2.24) is 4.98 Å². The first-order chi connectivity index (χ1) is 9.04. The van der Waals surface area contributed by atoms with Crippen LogP contribution in [0, 0.1) is 19.7 Å². The van der Waals surface area contributed by atoms with Crippen LogP contribution in [0.25, 0.3) is 6.08 Å². The Hall–Kier alpha value is -2.01. The van der Waals surface area contributed by atoms with E-state index in [2.05, 4.69) is 10.3 Å². The zero-order chi connectivity index (χ0) is 13.8. The van der Waals surface area contributed by atoms with E-state index in [1.807, 2.05) is 19.2 Å². The molecule has 1 aromatic heterocycles. The van der Waals surface area contributed by atoms with Crippen molar-refractivity contribution in [2.75, 3.05) is 5.32 Å². The van der Waals surface area contributed by atoms with E-state index in [4.69, 9.17) is 0 Å². The number of benzene rings is 1. The van der Waals surface area contributed by atoms with Gasteiger partial charge in [0, 0.05) is 17.1 Å². The fourth-order valence-corrected chi connectivity index (χ4v) is 2.10. The lowest BCUT2D eigenvalue weighted by atomic mass is 10.2. The first-order valence-corrected chi connectivity index (χ1v) is 6.60. The van der Waals surface area contributed by atoms with E-state index >= 15 is 0 Å². The summed E-state index contributed by atoms with van der Waals surface area (Å²) < 4.78 is 13.1. The zero-order valence-corrected chi connectivity index (χ0v) is 11.4. The molecule has 98 valence electrons. The molecule has 5 heteroatoms. The maximum Gasteiger partial charge on any atom is 0.248 e. The van der Waals surface area contributed by atoms with Gasteiger partial charge in [0.2, 0.25) is 5.91 Å². The molecule has 1 heterocycles. The zero-order valence-electron chi connectivity index (χ0n) is 10.6. The quantitative estimate of drug-likeness (QED) is 0.871. The molecule has 1 N–H and O–H groups in total. The normalized spacial score (nSPS) is 10.9. The van der Waals surface area contributed by atoms with Crippen LogP contribution in [0.5, 0.6) is 0 Å². The van der Waals surface area contributed by atoms with Crippen molar-refractivity contribution in [3.63, 3.8) is 0 Å². The van der Waals surface area contributed by atoms with Crippen LogP contribution in [-0.4, -0.2) is 10.9 Å². The second-order valence-corrected chi connectivity index (χ2v) is 5.14. The van der Waals surface area contributed by atoms with Crippen LogP contribution in [0.1, 0.15) is 16.3 Å². The second kappa shape index (κ2) is 5.75. The van der Waals surface area contributed by atoms with E-state index < -0.39 is 0 Å². The maximum absolute atomic E-state index is 13.1. The molecule has 0 aliphatic carbocycles. The molecule has 1 aromatic carbocycles. The molecule has 0 aliphatic rings. The summed E-state index contributed by atoms with van der Waals surface area (Å²) in [6.45, 7) is 3.71. The van der Waals surface area contributed by atoms with Gasteiger partial charge in [-0.25, -0.2) is 9.37 Å². The number of carbonyl (C=O) groups is 1. The molecule has 2 aromatic rings. The highest BCUT2D eigenvalue weighted by Gasteiger charge is 2.03. The number of nitrogens with one attached hydrogen (secondary N) is 1. The summed E-state index contributed by atoms with van der Waals surface area (Å²) in [6.07, 6.45) is 3.02. The summed E-state index contributed by atoms with van der Waals surface area (Å²) in [6, 6.07) is 4.28. The number of halogens is 1. The Morgan fingerprint density at radius 3 is 2.89 bits per heavy atom. The number of anilines is 1. The predicted molar refractivity (Wildman–Crippen MR) is 75.7 cm³/mol. The van der Waals surface area contributed by atoms with Crippen LogP contribution >= 0.6 is 11.3 Å². The number of aromatic nitrogens is 1. The van der Waals surface area contributed by atoms with Gasteiger partial charge in [0.1, 0.15) is 5.82 Å². The summed E-state index contributed by atoms with van der Waals surface area (Å²) in [7, 11) is 0. The molecule has 0 bridgehead atoms. The van der Waals surface area contributed by atoms with Crippen LogP contribution in [0.15, 0.2) is 29.7 Å². The lowest BCUT2D eigenvalue weighted by Gasteiger charge is -2.05. The van der Waals surface area contributed by atoms with Gasteiger partial charge in [0.15, 0.2) is 0 Å². The highest BCUT2D eigenvalue weighted by molar-refractivity contribution is 7.09. The summed E-state index contributed by atoms with van der Waals surface area (Å²) in [5.41, 5.74) is 2.03. The van der Waals surface area contributed by atoms with Gasteiger partial charge in [-0.3, -0.25) is 4.79 Å². The van der Waals surface area contributed by atoms with Gasteiger partial charge < -0.3 is 5.32 Å². The van der Waals surface area contributed by atoms with Crippen molar-refractivity contribution >= 4 is 29.0 Å². The first kappa shape index (κ1) is 13.4. The molecule has 0 radical (unpaired) electrons. The summed E-state index contributed by atoms with van der Waals surface area (Å²) >= 11 is 1.52. The highest BCUT2D eigenvalue weighted by Crippen LogP contribution is 2.16. The summed E-state index contributed by atoms with van der Waals surface area (Å²) in [5.74, 6) is -0.681. The van der Waals surface area contributed by atoms with Crippen molar-refractivity contribution in [3.8, 4) is 0 Å². The van der Waals surface area contributed by atoms with Crippen LogP contribution in [-0.2, 0) is 4.79 Å². The van der Waals surface area contributed by atoms with Gasteiger partial charge in [0.05, 0.1) is 10.7 Å². The maximum atomic E-state index is 13.1. The van der Waals surface area contributed by atoms with Crippen LogP contribution < -0.4 is 5.32 Å². The molecule has 0 saturated carbocycles. The van der Waals surface area contributed by atoms with Gasteiger partial charge in [0.25, 0.3) is 0 Å². The Kier molecular flexibility index (Phi) is 4.06. The van der Waals surface area contributed by atoms with Crippen molar-refractivity contribution in [2.45, 2.75) is 13.8 Å². The second-order valence-electron chi connectivity index (χ2n) is 4.07. The van der Waals surface area contributed by atoms with E-state index in [-0.39, 0.29) is 11.7 Å². The molecule has 0 atom stereocenters. The minimum atomic E-state index is -0.375. The largest absolute Gasteiger partial charge is 0.322 e. The van der Waals surface area contributed by atoms with E-state index in [9.17, 15) is 9.18 Å². The van der Waals surface area contributed by atoms with Gasteiger partial charge in [-0.1, -0.05) is 6.07 Å².